The molecule has 0 heterocycles. The first-order valence-corrected chi connectivity index (χ1v) is 6.29. The summed E-state index contributed by atoms with van der Waals surface area (Å²) in [6.45, 7) is 3.90. The second-order valence-corrected chi connectivity index (χ2v) is 4.72. The lowest BCUT2D eigenvalue weighted by Gasteiger charge is -2.24. The Labute approximate surface area is 108 Å². The average Bonchev–Trinajstić information content (AvgIpc) is 2.37. The highest BCUT2D eigenvalue weighted by molar-refractivity contribution is 5.86. The van der Waals surface area contributed by atoms with Gasteiger partial charge in [0.05, 0.1) is 6.10 Å². The Morgan fingerprint density at radius 3 is 2.61 bits per heavy atom. The fourth-order valence-electron chi connectivity index (χ4n) is 1.74. The predicted octanol–water partition coefficient (Wildman–Crippen LogP) is 1.14. The van der Waals surface area contributed by atoms with Gasteiger partial charge in [-0.15, -0.1) is 0 Å². The van der Waals surface area contributed by atoms with Crippen LogP contribution in [-0.2, 0) is 10.3 Å². The molecular weight excluding hydrogens is 228 g/mol. The average molecular weight is 250 g/mol. The lowest BCUT2D eigenvalue weighted by atomic mass is 9.92. The van der Waals surface area contributed by atoms with Crippen molar-refractivity contribution in [1.82, 2.24) is 5.32 Å². The first-order chi connectivity index (χ1) is 8.48. The molecule has 0 aliphatic rings. The Morgan fingerprint density at radius 1 is 1.44 bits per heavy atom. The van der Waals surface area contributed by atoms with Crippen molar-refractivity contribution in [2.75, 3.05) is 6.54 Å². The minimum atomic E-state index is -1.08. The summed E-state index contributed by atoms with van der Waals surface area (Å²) < 4.78 is 0. The molecule has 2 unspecified atom stereocenters. The molecule has 100 valence electrons. The number of nitrogens with two attached hydrogens (primary N) is 1. The predicted molar refractivity (Wildman–Crippen MR) is 71.9 cm³/mol. The van der Waals surface area contributed by atoms with Crippen LogP contribution in [0.3, 0.4) is 0 Å². The smallest absolute Gasteiger partial charge is 0.244 e. The zero-order valence-electron chi connectivity index (χ0n) is 11.0. The molecule has 1 aromatic carbocycles. The van der Waals surface area contributed by atoms with Gasteiger partial charge in [0.15, 0.2) is 0 Å². The van der Waals surface area contributed by atoms with Crippen molar-refractivity contribution in [3.63, 3.8) is 0 Å². The van der Waals surface area contributed by atoms with E-state index in [0.29, 0.717) is 6.42 Å². The molecule has 2 atom stereocenters. The van der Waals surface area contributed by atoms with Crippen molar-refractivity contribution < 1.29 is 9.90 Å². The lowest BCUT2D eigenvalue weighted by Crippen LogP contribution is -2.50. The molecule has 0 bridgehead atoms. The Morgan fingerprint density at radius 2 is 2.06 bits per heavy atom. The van der Waals surface area contributed by atoms with Crippen LogP contribution in [0.1, 0.15) is 32.3 Å². The number of aliphatic hydroxyl groups is 1. The molecule has 0 radical (unpaired) electrons. The van der Waals surface area contributed by atoms with E-state index in [4.69, 9.17) is 5.73 Å². The summed E-state index contributed by atoms with van der Waals surface area (Å²) in [6, 6.07) is 9.21. The van der Waals surface area contributed by atoms with Gasteiger partial charge in [-0.3, -0.25) is 4.79 Å². The number of carbonyl (C=O) groups excluding carboxylic acids is 1. The van der Waals surface area contributed by atoms with Gasteiger partial charge in [0, 0.05) is 6.54 Å². The fourth-order valence-corrected chi connectivity index (χ4v) is 1.74. The largest absolute Gasteiger partial charge is 0.391 e. The summed E-state index contributed by atoms with van der Waals surface area (Å²) >= 11 is 0. The second kappa shape index (κ2) is 6.52. The molecule has 0 fully saturated rings. The van der Waals surface area contributed by atoms with Crippen molar-refractivity contribution >= 4 is 5.91 Å². The first kappa shape index (κ1) is 14.7. The van der Waals surface area contributed by atoms with Gasteiger partial charge in [-0.1, -0.05) is 43.7 Å². The van der Waals surface area contributed by atoms with E-state index in [1.165, 1.54) is 0 Å². The zero-order chi connectivity index (χ0) is 13.6. The van der Waals surface area contributed by atoms with Crippen LogP contribution in [0.4, 0.5) is 0 Å². The molecular formula is C14H22N2O2. The van der Waals surface area contributed by atoms with Crippen LogP contribution in [0.25, 0.3) is 0 Å². The van der Waals surface area contributed by atoms with Gasteiger partial charge in [0.1, 0.15) is 5.54 Å². The van der Waals surface area contributed by atoms with Crippen LogP contribution in [0.2, 0.25) is 0 Å². The fraction of sp³-hybridized carbons (Fsp3) is 0.500. The normalized spacial score (nSPS) is 15.8. The molecule has 1 rings (SSSR count). The molecule has 4 nitrogen and oxygen atoms in total. The Bertz CT molecular complexity index is 377. The highest BCUT2D eigenvalue weighted by atomic mass is 16.3. The number of amides is 1. The van der Waals surface area contributed by atoms with E-state index in [-0.39, 0.29) is 12.5 Å². The van der Waals surface area contributed by atoms with Crippen LogP contribution in [0.15, 0.2) is 30.3 Å². The molecule has 0 saturated carbocycles. The molecule has 4 N–H and O–H groups in total. The number of nitrogens with one attached hydrogen (secondary N) is 1. The highest BCUT2D eigenvalue weighted by Crippen LogP contribution is 2.17. The number of hydrogen-bond acceptors (Lipinski definition) is 3. The SMILES string of the molecule is CCCC(O)CNC(=O)C(C)(N)c1ccccc1. The van der Waals surface area contributed by atoms with Gasteiger partial charge in [-0.25, -0.2) is 0 Å². The molecule has 0 aromatic heterocycles. The molecule has 18 heavy (non-hydrogen) atoms. The van der Waals surface area contributed by atoms with Crippen LogP contribution in [0, 0.1) is 0 Å². The number of carbonyl (C=O) groups is 1. The standard InChI is InChI=1S/C14H22N2O2/c1-3-7-12(17)10-16-13(18)14(2,15)11-8-5-4-6-9-11/h4-6,8-9,12,17H,3,7,10,15H2,1-2H3,(H,16,18). The quantitative estimate of drug-likeness (QED) is 0.708. The maximum Gasteiger partial charge on any atom is 0.244 e. The van der Waals surface area contributed by atoms with E-state index in [2.05, 4.69) is 5.32 Å². The van der Waals surface area contributed by atoms with E-state index in [0.717, 1.165) is 12.0 Å². The number of aliphatic hydroxyl groups excluding tert-OH is 1. The maximum absolute atomic E-state index is 12.0. The minimum Gasteiger partial charge on any atom is -0.391 e. The van der Waals surface area contributed by atoms with Crippen molar-refractivity contribution in [3.8, 4) is 0 Å². The Kier molecular flexibility index (Phi) is 5.31. The first-order valence-electron chi connectivity index (χ1n) is 6.29. The van der Waals surface area contributed by atoms with Crippen molar-refractivity contribution in [2.24, 2.45) is 5.73 Å². The zero-order valence-corrected chi connectivity index (χ0v) is 11.0. The van der Waals surface area contributed by atoms with E-state index in [1.807, 2.05) is 37.3 Å². The number of hydrogen-bond donors (Lipinski definition) is 3. The van der Waals surface area contributed by atoms with Gasteiger partial charge >= 0.3 is 0 Å². The van der Waals surface area contributed by atoms with Crippen LogP contribution in [-0.4, -0.2) is 23.7 Å². The maximum atomic E-state index is 12.0. The highest BCUT2D eigenvalue weighted by Gasteiger charge is 2.30. The van der Waals surface area contributed by atoms with Crippen LogP contribution in [0.5, 0.6) is 0 Å². The van der Waals surface area contributed by atoms with Gasteiger partial charge in [-0.05, 0) is 18.9 Å². The van der Waals surface area contributed by atoms with E-state index >= 15 is 0 Å². The summed E-state index contributed by atoms with van der Waals surface area (Å²) in [7, 11) is 0. The lowest BCUT2D eigenvalue weighted by molar-refractivity contribution is -0.126. The van der Waals surface area contributed by atoms with Crippen molar-refractivity contribution in [2.45, 2.75) is 38.3 Å². The topological polar surface area (TPSA) is 75.3 Å². The van der Waals surface area contributed by atoms with Gasteiger partial charge in [-0.2, -0.15) is 0 Å². The summed E-state index contributed by atoms with van der Waals surface area (Å²) in [5.41, 5.74) is 5.73. The third kappa shape index (κ3) is 3.82. The third-order valence-electron chi connectivity index (χ3n) is 2.97. The van der Waals surface area contributed by atoms with Gasteiger partial charge in [0.25, 0.3) is 0 Å². The summed E-state index contributed by atoms with van der Waals surface area (Å²) in [4.78, 5) is 12.0. The molecule has 0 spiro atoms. The van der Waals surface area contributed by atoms with E-state index < -0.39 is 11.6 Å². The summed E-state index contributed by atoms with van der Waals surface area (Å²) in [5.74, 6) is -0.274. The molecule has 0 aliphatic heterocycles. The molecule has 4 heteroatoms. The molecule has 1 amide bonds. The van der Waals surface area contributed by atoms with Gasteiger partial charge in [0.2, 0.25) is 5.91 Å². The second-order valence-electron chi connectivity index (χ2n) is 4.72. The molecule has 0 saturated heterocycles. The Hall–Kier alpha value is -1.39. The minimum absolute atomic E-state index is 0.242. The number of rotatable bonds is 6. The molecule has 1 aromatic rings. The van der Waals surface area contributed by atoms with Crippen molar-refractivity contribution in [1.29, 1.82) is 0 Å². The third-order valence-corrected chi connectivity index (χ3v) is 2.97. The van der Waals surface area contributed by atoms with Crippen molar-refractivity contribution in [3.05, 3.63) is 35.9 Å². The van der Waals surface area contributed by atoms with Crippen LogP contribution >= 0.6 is 0 Å². The van der Waals surface area contributed by atoms with Crippen LogP contribution < -0.4 is 11.1 Å². The van der Waals surface area contributed by atoms with E-state index in [1.54, 1.807) is 6.92 Å². The summed E-state index contributed by atoms with van der Waals surface area (Å²) in [6.07, 6.45) is 1.05. The number of benzene rings is 1. The molecule has 0 aliphatic carbocycles. The Balaban J connectivity index is 2.60. The van der Waals surface area contributed by atoms with Gasteiger partial charge < -0.3 is 16.2 Å². The monoisotopic (exact) mass is 250 g/mol. The van der Waals surface area contributed by atoms with E-state index in [9.17, 15) is 9.90 Å². The summed E-state index contributed by atoms with van der Waals surface area (Å²) in [5, 5.41) is 12.3.